The van der Waals surface area contributed by atoms with Gasteiger partial charge in [-0.25, -0.2) is 9.97 Å². The van der Waals surface area contributed by atoms with Crippen LogP contribution in [0.1, 0.15) is 43.3 Å². The largest absolute Gasteiger partial charge is 0.361 e. The van der Waals surface area contributed by atoms with Crippen LogP contribution in [0.5, 0.6) is 0 Å². The summed E-state index contributed by atoms with van der Waals surface area (Å²) in [5.41, 5.74) is 0.394. The van der Waals surface area contributed by atoms with Crippen molar-refractivity contribution in [3.8, 4) is 12.1 Å². The summed E-state index contributed by atoms with van der Waals surface area (Å²) in [6, 6.07) is 3.71. The molecule has 8 nitrogen and oxygen atoms in total. The van der Waals surface area contributed by atoms with E-state index in [4.69, 9.17) is 23.7 Å². The fourth-order valence-corrected chi connectivity index (χ4v) is 1.66. The van der Waals surface area contributed by atoms with Crippen molar-refractivity contribution in [2.45, 2.75) is 33.1 Å². The molecule has 2 rings (SSSR count). The predicted octanol–water partition coefficient (Wildman–Crippen LogP) is 3.18. The van der Waals surface area contributed by atoms with E-state index in [0.717, 1.165) is 18.7 Å². The first kappa shape index (κ1) is 17.4. The molecule has 2 aromatic rings. The van der Waals surface area contributed by atoms with Crippen LogP contribution in [0.4, 0.5) is 11.6 Å². The van der Waals surface area contributed by atoms with Gasteiger partial charge in [0.1, 0.15) is 12.1 Å². The van der Waals surface area contributed by atoms with E-state index >= 15 is 0 Å². The van der Waals surface area contributed by atoms with Gasteiger partial charge in [-0.2, -0.15) is 10.5 Å². The Bertz CT molecular complexity index is 766. The van der Waals surface area contributed by atoms with E-state index in [-0.39, 0.29) is 23.0 Å². The van der Waals surface area contributed by atoms with Crippen LogP contribution in [0.3, 0.4) is 0 Å². The molecule has 0 aliphatic rings. The van der Waals surface area contributed by atoms with Gasteiger partial charge in [0.25, 0.3) is 11.6 Å². The lowest BCUT2D eigenvalue weighted by atomic mass is 10.3. The van der Waals surface area contributed by atoms with Gasteiger partial charge in [0.15, 0.2) is 23.0 Å². The highest BCUT2D eigenvalue weighted by molar-refractivity contribution is 5.50. The second-order valence-electron chi connectivity index (χ2n) is 4.31. The molecule has 0 amide bonds. The number of H-pyrrole nitrogens is 2. The molecule has 0 saturated heterocycles. The minimum absolute atomic E-state index is 0.192. The molecule has 23 heavy (non-hydrogen) atoms. The van der Waals surface area contributed by atoms with Crippen molar-refractivity contribution in [3.05, 3.63) is 45.9 Å². The van der Waals surface area contributed by atoms with Crippen LogP contribution in [0.15, 0.2) is 0 Å². The van der Waals surface area contributed by atoms with Crippen LogP contribution in [0.25, 0.3) is 9.69 Å². The maximum atomic E-state index is 8.56. The molecule has 2 aromatic heterocycles. The molecule has 0 aromatic carbocycles. The van der Waals surface area contributed by atoms with Crippen molar-refractivity contribution in [2.75, 3.05) is 0 Å². The molecule has 2 heterocycles. The quantitative estimate of drug-likeness (QED) is 0.847. The van der Waals surface area contributed by atoms with Gasteiger partial charge < -0.3 is 9.69 Å². The Morgan fingerprint density at radius 2 is 1.43 bits per heavy atom. The van der Waals surface area contributed by atoms with E-state index in [9.17, 15) is 0 Å². The standard InChI is InChI=1S/C8H8N4.C7H6N4/c1-3-4-7-11-6(5-9)8(10-2)12-7;1-3-6-10-5(4-8)7(9-2)11-6/h3-4H2,1H3,(H,11,12);3H2,1H3,(H,10,11). The third-order valence-electron chi connectivity index (χ3n) is 2.72. The van der Waals surface area contributed by atoms with Gasteiger partial charge in [0, 0.05) is 12.8 Å². The number of nitrogens with one attached hydrogen (secondary N) is 2. The van der Waals surface area contributed by atoms with Crippen molar-refractivity contribution < 1.29 is 0 Å². The summed E-state index contributed by atoms with van der Waals surface area (Å²) in [7, 11) is 0. The Balaban J connectivity index is 0.000000231. The Morgan fingerprint density at radius 1 is 0.957 bits per heavy atom. The van der Waals surface area contributed by atoms with Gasteiger partial charge in [-0.15, -0.1) is 0 Å². The molecule has 0 atom stereocenters. The highest BCUT2D eigenvalue weighted by Gasteiger charge is 2.09. The molecule has 114 valence electrons. The van der Waals surface area contributed by atoms with Crippen LogP contribution in [0.2, 0.25) is 0 Å². The number of aryl methyl sites for hydroxylation is 2. The molecular weight excluding hydrogens is 292 g/mol. The van der Waals surface area contributed by atoms with E-state index in [2.05, 4.69) is 29.6 Å². The molecule has 0 aliphatic carbocycles. The van der Waals surface area contributed by atoms with E-state index < -0.39 is 0 Å². The maximum absolute atomic E-state index is 8.56. The molecule has 0 radical (unpaired) electrons. The van der Waals surface area contributed by atoms with Gasteiger partial charge in [-0.3, -0.25) is 9.97 Å². The highest BCUT2D eigenvalue weighted by atomic mass is 15.0. The van der Waals surface area contributed by atoms with Crippen LogP contribution in [-0.2, 0) is 12.8 Å². The van der Waals surface area contributed by atoms with Crippen LogP contribution in [-0.4, -0.2) is 19.9 Å². The molecule has 0 bridgehead atoms. The lowest BCUT2D eigenvalue weighted by Gasteiger charge is -1.83. The zero-order valence-electron chi connectivity index (χ0n) is 12.8. The third-order valence-corrected chi connectivity index (χ3v) is 2.72. The van der Waals surface area contributed by atoms with Crippen molar-refractivity contribution in [1.29, 1.82) is 10.5 Å². The molecule has 0 fully saturated rings. The number of imidazole rings is 2. The topological polar surface area (TPSA) is 114 Å². The van der Waals surface area contributed by atoms with E-state index in [1.807, 2.05) is 26.0 Å². The summed E-state index contributed by atoms with van der Waals surface area (Å²) < 4.78 is 0. The molecule has 2 N–H and O–H groups in total. The van der Waals surface area contributed by atoms with E-state index in [1.54, 1.807) is 0 Å². The molecular formula is C15H14N8. The fourth-order valence-electron chi connectivity index (χ4n) is 1.66. The first-order valence-electron chi connectivity index (χ1n) is 6.86. The van der Waals surface area contributed by atoms with Gasteiger partial charge in [0.2, 0.25) is 0 Å². The second kappa shape index (κ2) is 8.62. The monoisotopic (exact) mass is 306 g/mol. The van der Waals surface area contributed by atoms with Gasteiger partial charge in [0.05, 0.1) is 0 Å². The molecule has 8 heteroatoms. The third kappa shape index (κ3) is 4.43. The Kier molecular flexibility index (Phi) is 6.53. The Hall–Kier alpha value is -3.62. The number of nitrogens with zero attached hydrogens (tertiary/aromatic N) is 6. The molecule has 0 spiro atoms. The highest BCUT2D eigenvalue weighted by Crippen LogP contribution is 2.15. The van der Waals surface area contributed by atoms with Crippen molar-refractivity contribution in [3.63, 3.8) is 0 Å². The molecule has 0 aliphatic heterocycles. The summed E-state index contributed by atoms with van der Waals surface area (Å²) in [6.45, 7) is 17.3. The number of aromatic nitrogens is 4. The predicted molar refractivity (Wildman–Crippen MR) is 82.5 cm³/mol. The summed E-state index contributed by atoms with van der Waals surface area (Å²) in [4.78, 5) is 19.7. The summed E-state index contributed by atoms with van der Waals surface area (Å²) in [5, 5.41) is 17.0. The van der Waals surface area contributed by atoms with Gasteiger partial charge in [-0.1, -0.05) is 27.0 Å². The number of rotatable bonds is 3. The zero-order chi connectivity index (χ0) is 17.2. The summed E-state index contributed by atoms with van der Waals surface area (Å²) in [5.74, 6) is 1.90. The summed E-state index contributed by atoms with van der Waals surface area (Å²) >= 11 is 0. The zero-order valence-corrected chi connectivity index (χ0v) is 12.8. The van der Waals surface area contributed by atoms with Gasteiger partial charge >= 0.3 is 0 Å². The first-order valence-corrected chi connectivity index (χ1v) is 6.86. The Morgan fingerprint density at radius 3 is 1.78 bits per heavy atom. The van der Waals surface area contributed by atoms with Crippen LogP contribution in [0, 0.1) is 35.8 Å². The van der Waals surface area contributed by atoms with Crippen molar-refractivity contribution in [1.82, 2.24) is 19.9 Å². The smallest absolute Gasteiger partial charge is 0.265 e. The average Bonchev–Trinajstić information content (AvgIpc) is 3.18. The van der Waals surface area contributed by atoms with Gasteiger partial charge in [-0.05, 0) is 6.42 Å². The van der Waals surface area contributed by atoms with Crippen LogP contribution >= 0.6 is 0 Å². The summed E-state index contributed by atoms with van der Waals surface area (Å²) in [6.07, 6.45) is 2.45. The maximum Gasteiger partial charge on any atom is 0.265 e. The minimum Gasteiger partial charge on any atom is -0.361 e. The lowest BCUT2D eigenvalue weighted by molar-refractivity contribution is 0.856. The molecule has 0 saturated carbocycles. The Labute approximate surface area is 134 Å². The van der Waals surface area contributed by atoms with E-state index in [0.29, 0.717) is 12.2 Å². The SMILES string of the molecule is [C-]#[N+]c1[nH]c(CC)nc1C#N.[C-]#[N+]c1[nH]c(CCC)nc1C#N. The first-order chi connectivity index (χ1) is 11.1. The lowest BCUT2D eigenvalue weighted by Crippen LogP contribution is -1.84. The van der Waals surface area contributed by atoms with E-state index in [1.165, 1.54) is 0 Å². The fraction of sp³-hybridized carbons (Fsp3) is 0.333. The average molecular weight is 306 g/mol. The van der Waals surface area contributed by atoms with Crippen molar-refractivity contribution in [2.24, 2.45) is 0 Å². The number of hydrogen-bond donors (Lipinski definition) is 2. The van der Waals surface area contributed by atoms with Crippen LogP contribution < -0.4 is 0 Å². The number of hydrogen-bond acceptors (Lipinski definition) is 4. The van der Waals surface area contributed by atoms with Crippen molar-refractivity contribution >= 4 is 11.6 Å². The molecule has 0 unspecified atom stereocenters. The normalized spacial score (nSPS) is 8.78. The second-order valence-corrected chi connectivity index (χ2v) is 4.31. The number of nitriles is 2. The minimum atomic E-state index is 0.192. The number of aromatic amines is 2.